The molecule has 33 heavy (non-hydrogen) atoms. The number of amides is 1. The zero-order valence-electron chi connectivity index (χ0n) is 18.6. The number of carbonyl (C=O) groups excluding carboxylic acids is 1. The SMILES string of the molecule is CC[C@@H](C)N(Cc1ccc(OS(=O)(=O)c2c(C)cccc2Cl)cc1)C(=O)c1cccc(F)c1. The summed E-state index contributed by atoms with van der Waals surface area (Å²) in [5.41, 5.74) is 1.54. The second-order valence-corrected chi connectivity index (χ2v) is 9.66. The van der Waals surface area contributed by atoms with Crippen molar-refractivity contribution in [2.24, 2.45) is 0 Å². The molecule has 0 aliphatic carbocycles. The molecule has 5 nitrogen and oxygen atoms in total. The summed E-state index contributed by atoms with van der Waals surface area (Å²) >= 11 is 6.08. The molecule has 0 spiro atoms. The van der Waals surface area contributed by atoms with Gasteiger partial charge < -0.3 is 9.08 Å². The molecule has 0 fully saturated rings. The maximum Gasteiger partial charge on any atom is 0.340 e. The number of hydrogen-bond donors (Lipinski definition) is 0. The van der Waals surface area contributed by atoms with Gasteiger partial charge in [-0.25, -0.2) is 4.39 Å². The molecule has 0 aliphatic heterocycles. The van der Waals surface area contributed by atoms with Gasteiger partial charge in [0.25, 0.3) is 5.91 Å². The monoisotopic (exact) mass is 489 g/mol. The summed E-state index contributed by atoms with van der Waals surface area (Å²) in [4.78, 5) is 14.6. The zero-order valence-corrected chi connectivity index (χ0v) is 20.2. The van der Waals surface area contributed by atoms with E-state index in [0.29, 0.717) is 5.56 Å². The van der Waals surface area contributed by atoms with Gasteiger partial charge in [0, 0.05) is 18.2 Å². The largest absolute Gasteiger partial charge is 0.379 e. The number of benzene rings is 3. The average molecular weight is 490 g/mol. The Labute approximate surface area is 198 Å². The lowest BCUT2D eigenvalue weighted by atomic mass is 10.1. The summed E-state index contributed by atoms with van der Waals surface area (Å²) in [7, 11) is -4.11. The molecule has 1 atom stereocenters. The van der Waals surface area contributed by atoms with Crippen LogP contribution in [0.3, 0.4) is 0 Å². The molecular weight excluding hydrogens is 465 g/mol. The molecule has 3 aromatic carbocycles. The molecule has 8 heteroatoms. The fraction of sp³-hybridized carbons (Fsp3) is 0.240. The molecule has 3 rings (SSSR count). The fourth-order valence-electron chi connectivity index (χ4n) is 3.38. The first-order valence-corrected chi connectivity index (χ1v) is 12.3. The van der Waals surface area contributed by atoms with Gasteiger partial charge in [-0.3, -0.25) is 4.79 Å². The van der Waals surface area contributed by atoms with E-state index < -0.39 is 15.9 Å². The third kappa shape index (κ3) is 5.92. The molecule has 0 saturated carbocycles. The van der Waals surface area contributed by atoms with Gasteiger partial charge >= 0.3 is 10.1 Å². The van der Waals surface area contributed by atoms with Gasteiger partial charge in [-0.2, -0.15) is 8.42 Å². The summed E-state index contributed by atoms with van der Waals surface area (Å²) in [5, 5.41) is 0.0895. The number of aryl methyl sites for hydroxylation is 1. The Bertz CT molecular complexity index is 1230. The summed E-state index contributed by atoms with van der Waals surface area (Å²) in [5.74, 6) is -0.619. The summed E-state index contributed by atoms with van der Waals surface area (Å²) in [6.07, 6.45) is 0.720. The lowest BCUT2D eigenvalue weighted by Crippen LogP contribution is -2.37. The van der Waals surface area contributed by atoms with Crippen LogP contribution < -0.4 is 4.18 Å². The Hall–Kier alpha value is -2.90. The van der Waals surface area contributed by atoms with E-state index in [-0.39, 0.29) is 39.7 Å². The predicted octanol–water partition coefficient (Wildman–Crippen LogP) is 6.00. The molecule has 0 radical (unpaired) electrons. The lowest BCUT2D eigenvalue weighted by Gasteiger charge is -2.29. The van der Waals surface area contributed by atoms with Crippen LogP contribution in [0.4, 0.5) is 4.39 Å². The molecule has 0 bridgehead atoms. The highest BCUT2D eigenvalue weighted by Crippen LogP contribution is 2.28. The van der Waals surface area contributed by atoms with Gasteiger partial charge in [0.1, 0.15) is 16.5 Å². The maximum atomic E-state index is 13.6. The van der Waals surface area contributed by atoms with E-state index in [1.54, 1.807) is 42.2 Å². The normalized spacial score (nSPS) is 12.3. The van der Waals surface area contributed by atoms with E-state index in [1.807, 2.05) is 13.8 Å². The third-order valence-electron chi connectivity index (χ3n) is 5.35. The van der Waals surface area contributed by atoms with Crippen LogP contribution in [-0.4, -0.2) is 25.3 Å². The Morgan fingerprint density at radius 1 is 1.09 bits per heavy atom. The second-order valence-electron chi connectivity index (χ2n) is 7.77. The molecule has 174 valence electrons. The Balaban J connectivity index is 1.80. The van der Waals surface area contributed by atoms with Gasteiger partial charge in [0.05, 0.1) is 5.02 Å². The van der Waals surface area contributed by atoms with Gasteiger partial charge in [0.2, 0.25) is 0 Å². The molecule has 1 amide bonds. The van der Waals surface area contributed by atoms with Crippen molar-refractivity contribution in [1.29, 1.82) is 0 Å². The van der Waals surface area contributed by atoms with Crippen molar-refractivity contribution in [3.8, 4) is 5.75 Å². The Morgan fingerprint density at radius 3 is 2.36 bits per heavy atom. The van der Waals surface area contributed by atoms with Gasteiger partial charge in [0.15, 0.2) is 0 Å². The van der Waals surface area contributed by atoms with E-state index in [4.69, 9.17) is 15.8 Å². The fourth-order valence-corrected chi connectivity index (χ4v) is 5.11. The highest BCUT2D eigenvalue weighted by Gasteiger charge is 2.24. The van der Waals surface area contributed by atoms with Crippen molar-refractivity contribution in [2.75, 3.05) is 0 Å². The maximum absolute atomic E-state index is 13.6. The zero-order chi connectivity index (χ0) is 24.2. The highest BCUT2D eigenvalue weighted by molar-refractivity contribution is 7.87. The second kappa shape index (κ2) is 10.4. The van der Waals surface area contributed by atoms with Crippen LogP contribution in [0.25, 0.3) is 0 Å². The standard InChI is InChI=1S/C25H25ClFNO4S/c1-4-18(3)28(25(29)20-8-6-9-21(27)15-20)16-19-11-13-22(14-12-19)32-33(30,31)24-17(2)7-5-10-23(24)26/h5-15,18H,4,16H2,1-3H3/t18-/m1/s1. The first-order chi connectivity index (χ1) is 15.6. The van der Waals surface area contributed by atoms with Crippen molar-refractivity contribution in [3.05, 3.63) is 94.3 Å². The quantitative estimate of drug-likeness (QED) is 0.364. The molecule has 0 saturated heterocycles. The molecule has 0 aromatic heterocycles. The molecule has 3 aromatic rings. The van der Waals surface area contributed by atoms with Crippen molar-refractivity contribution < 1.29 is 21.8 Å². The van der Waals surface area contributed by atoms with Crippen molar-refractivity contribution in [3.63, 3.8) is 0 Å². The molecule has 0 aliphatic rings. The van der Waals surface area contributed by atoms with E-state index in [0.717, 1.165) is 12.0 Å². The van der Waals surface area contributed by atoms with Crippen LogP contribution in [0.2, 0.25) is 5.02 Å². The smallest absolute Gasteiger partial charge is 0.340 e. The summed E-state index contributed by atoms with van der Waals surface area (Å²) in [6, 6.07) is 16.8. The number of carbonyl (C=O) groups is 1. The van der Waals surface area contributed by atoms with Crippen LogP contribution in [0.5, 0.6) is 5.75 Å². The van der Waals surface area contributed by atoms with Crippen LogP contribution in [0, 0.1) is 12.7 Å². The van der Waals surface area contributed by atoms with Crippen LogP contribution in [-0.2, 0) is 16.7 Å². The number of halogens is 2. The Morgan fingerprint density at radius 2 is 1.76 bits per heavy atom. The van der Waals surface area contributed by atoms with Gasteiger partial charge in [-0.15, -0.1) is 0 Å². The summed E-state index contributed by atoms with van der Waals surface area (Å²) in [6.45, 7) is 5.81. The van der Waals surface area contributed by atoms with Crippen LogP contribution in [0.15, 0.2) is 71.6 Å². The summed E-state index contributed by atoms with van der Waals surface area (Å²) < 4.78 is 44.3. The topological polar surface area (TPSA) is 63.7 Å². The molecule has 0 heterocycles. The molecular formula is C25H25ClFNO4S. The number of rotatable bonds is 8. The average Bonchev–Trinajstić information content (AvgIpc) is 2.77. The van der Waals surface area contributed by atoms with E-state index in [2.05, 4.69) is 0 Å². The van der Waals surface area contributed by atoms with Crippen LogP contribution >= 0.6 is 11.6 Å². The predicted molar refractivity (Wildman–Crippen MR) is 126 cm³/mol. The minimum absolute atomic E-state index is 0.0700. The van der Waals surface area contributed by atoms with Crippen LogP contribution in [0.1, 0.15) is 41.8 Å². The lowest BCUT2D eigenvalue weighted by molar-refractivity contribution is 0.0671. The van der Waals surface area contributed by atoms with E-state index >= 15 is 0 Å². The van der Waals surface area contributed by atoms with Crippen molar-refractivity contribution >= 4 is 27.6 Å². The number of hydrogen-bond acceptors (Lipinski definition) is 4. The highest BCUT2D eigenvalue weighted by atomic mass is 35.5. The van der Waals surface area contributed by atoms with Gasteiger partial charge in [-0.1, -0.05) is 48.9 Å². The van der Waals surface area contributed by atoms with Crippen molar-refractivity contribution in [1.82, 2.24) is 4.90 Å². The minimum atomic E-state index is -4.11. The first-order valence-electron chi connectivity index (χ1n) is 10.5. The van der Waals surface area contributed by atoms with E-state index in [1.165, 1.54) is 36.4 Å². The van der Waals surface area contributed by atoms with Gasteiger partial charge in [-0.05, 0) is 67.8 Å². The third-order valence-corrected chi connectivity index (χ3v) is 7.23. The molecule has 0 unspecified atom stereocenters. The van der Waals surface area contributed by atoms with Crippen molar-refractivity contribution in [2.45, 2.75) is 44.7 Å². The molecule has 0 N–H and O–H groups in total. The first kappa shape index (κ1) is 24.7. The Kier molecular flexibility index (Phi) is 7.76. The minimum Gasteiger partial charge on any atom is -0.379 e. The van der Waals surface area contributed by atoms with E-state index in [9.17, 15) is 17.6 Å². The number of nitrogens with zero attached hydrogens (tertiary/aromatic N) is 1.